The third-order valence-corrected chi connectivity index (χ3v) is 9.70. The predicted octanol–water partition coefficient (Wildman–Crippen LogP) is 0.524. The molecule has 3 aromatic carbocycles. The molecule has 3 N–H and O–H groups in total. The molecular formula is C25H20IN2O4S-. The van der Waals surface area contributed by atoms with Crippen molar-refractivity contribution in [2.24, 2.45) is 0 Å². The van der Waals surface area contributed by atoms with Gasteiger partial charge in [0.05, 0.1) is 0 Å². The Morgan fingerprint density at radius 2 is 1.58 bits per heavy atom. The van der Waals surface area contributed by atoms with Gasteiger partial charge in [-0.05, 0) is 6.92 Å². The fourth-order valence-corrected chi connectivity index (χ4v) is 7.58. The zero-order chi connectivity index (χ0) is 23.4. The molecule has 0 unspecified atom stereocenters. The van der Waals surface area contributed by atoms with Crippen molar-refractivity contribution in [3.63, 3.8) is 0 Å². The normalized spacial score (nSPS) is 12.3. The van der Waals surface area contributed by atoms with Gasteiger partial charge in [-0.2, -0.15) is 0 Å². The van der Waals surface area contributed by atoms with Crippen LogP contribution in [-0.2, 0) is 14.8 Å². The monoisotopic (exact) mass is 571 g/mol. The van der Waals surface area contributed by atoms with Crippen LogP contribution in [0.2, 0.25) is 0 Å². The maximum absolute atomic E-state index is 12.9. The number of carboxylic acids is 1. The van der Waals surface area contributed by atoms with E-state index >= 15 is 0 Å². The van der Waals surface area contributed by atoms with Gasteiger partial charge in [-0.25, -0.2) is 0 Å². The summed E-state index contributed by atoms with van der Waals surface area (Å²) in [4.78, 5) is 14.9. The third-order valence-electron chi connectivity index (χ3n) is 4.81. The second kappa shape index (κ2) is 9.79. The van der Waals surface area contributed by atoms with E-state index in [1.165, 1.54) is 12.1 Å². The van der Waals surface area contributed by atoms with E-state index in [0.717, 1.165) is 25.6 Å². The zero-order valence-electron chi connectivity index (χ0n) is 17.5. The van der Waals surface area contributed by atoms with Crippen LogP contribution in [0.4, 0.5) is 0 Å². The number of aromatic amines is 1. The van der Waals surface area contributed by atoms with Crippen LogP contribution < -0.4 is 25.9 Å². The minimum atomic E-state index is -4.01. The van der Waals surface area contributed by atoms with E-state index in [-0.39, 0.29) is 4.90 Å². The van der Waals surface area contributed by atoms with Crippen molar-refractivity contribution in [1.82, 2.24) is 9.71 Å². The molecule has 168 valence electrons. The van der Waals surface area contributed by atoms with E-state index in [1.807, 2.05) is 55.5 Å². The van der Waals surface area contributed by atoms with Crippen LogP contribution >= 0.6 is 0 Å². The first-order valence-corrected chi connectivity index (χ1v) is 13.8. The van der Waals surface area contributed by atoms with Gasteiger partial charge in [-0.15, -0.1) is 0 Å². The molecule has 6 nitrogen and oxygen atoms in total. The van der Waals surface area contributed by atoms with Gasteiger partial charge < -0.3 is 0 Å². The number of carbonyl (C=O) groups is 1. The molecule has 33 heavy (non-hydrogen) atoms. The Morgan fingerprint density at radius 3 is 2.21 bits per heavy atom. The number of halogens is 1. The number of alkyl halides is 1. The summed E-state index contributed by atoms with van der Waals surface area (Å²) >= 11 is -1.19. The van der Waals surface area contributed by atoms with Gasteiger partial charge in [0, 0.05) is 0 Å². The second-order valence-electron chi connectivity index (χ2n) is 7.25. The summed E-state index contributed by atoms with van der Waals surface area (Å²) < 4.78 is 27.7. The Hall–Kier alpha value is -3.13. The molecule has 1 atom stereocenters. The quantitative estimate of drug-likeness (QED) is 0.136. The van der Waals surface area contributed by atoms with Gasteiger partial charge >= 0.3 is 191 Å². The number of rotatable bonds is 6. The predicted molar refractivity (Wildman–Crippen MR) is 122 cm³/mol. The number of carboxylic acid groups (broad SMARTS) is 1. The molecule has 0 bridgehead atoms. The Bertz CT molecular complexity index is 1460. The number of hydrogen-bond donors (Lipinski definition) is 3. The summed E-state index contributed by atoms with van der Waals surface area (Å²) in [6.07, 6.45) is 1.75. The molecule has 0 saturated carbocycles. The van der Waals surface area contributed by atoms with Gasteiger partial charge in [0.15, 0.2) is 0 Å². The fourth-order valence-electron chi connectivity index (χ4n) is 3.07. The number of aryl methyl sites for hydroxylation is 1. The van der Waals surface area contributed by atoms with Crippen molar-refractivity contribution >= 4 is 26.9 Å². The molecule has 8 heteroatoms. The van der Waals surface area contributed by atoms with Crippen molar-refractivity contribution in [3.05, 3.63) is 99.3 Å². The maximum atomic E-state index is 12.9. The van der Waals surface area contributed by atoms with Gasteiger partial charge in [0.2, 0.25) is 0 Å². The summed E-state index contributed by atoms with van der Waals surface area (Å²) in [7, 11) is -4.01. The number of H-pyrrole nitrogens is 1. The molecule has 4 aromatic rings. The molecule has 1 aromatic heterocycles. The Kier molecular flexibility index (Phi) is 6.83. The summed E-state index contributed by atoms with van der Waals surface area (Å²) in [6, 6.07) is 21.4. The summed E-state index contributed by atoms with van der Waals surface area (Å²) in [5, 5.41) is 10.6. The standard InChI is InChI=1S/C25H20IN2O4S/c1-17-6-8-18(9-7-17)10-11-19-12-14-20(15-13-19)33(31,32)28-24(25(29)30)26-22-16-27-23-5-3-2-4-21(22)23/h2-9,12-16,24,27-28H,1H3,(H,29,30)/q-1/t24-/m0/s1. The zero-order valence-corrected chi connectivity index (χ0v) is 20.5. The Morgan fingerprint density at radius 1 is 0.970 bits per heavy atom. The third kappa shape index (κ3) is 5.63. The van der Waals surface area contributed by atoms with Crippen molar-refractivity contribution < 1.29 is 39.5 Å². The van der Waals surface area contributed by atoms with Gasteiger partial charge in [0.25, 0.3) is 0 Å². The molecule has 0 aliphatic rings. The van der Waals surface area contributed by atoms with Crippen LogP contribution in [-0.4, -0.2) is 28.5 Å². The van der Waals surface area contributed by atoms with E-state index in [9.17, 15) is 18.3 Å². The van der Waals surface area contributed by atoms with E-state index in [1.54, 1.807) is 18.3 Å². The molecule has 4 rings (SSSR count). The number of nitrogens with one attached hydrogen (secondary N) is 2. The molecule has 0 spiro atoms. The molecular weight excluding hydrogens is 551 g/mol. The molecule has 0 radical (unpaired) electrons. The number of fused-ring (bicyclic) bond motifs is 1. The average molecular weight is 571 g/mol. The van der Waals surface area contributed by atoms with Gasteiger partial charge in [0.1, 0.15) is 0 Å². The van der Waals surface area contributed by atoms with Gasteiger partial charge in [-0.1, -0.05) is 5.56 Å². The molecule has 0 aliphatic heterocycles. The van der Waals surface area contributed by atoms with Gasteiger partial charge in [-0.3, -0.25) is 0 Å². The number of sulfonamides is 1. The van der Waals surface area contributed by atoms with Crippen LogP contribution in [0.1, 0.15) is 16.7 Å². The van der Waals surface area contributed by atoms with Crippen LogP contribution in [0.3, 0.4) is 0 Å². The van der Waals surface area contributed by atoms with E-state index < -0.39 is 41.2 Å². The first-order chi connectivity index (χ1) is 15.8. The Labute approximate surface area is 202 Å². The number of para-hydroxylation sites is 1. The first-order valence-electron chi connectivity index (χ1n) is 9.95. The number of hydrogen-bond acceptors (Lipinski definition) is 3. The average Bonchev–Trinajstić information content (AvgIpc) is 3.21. The van der Waals surface area contributed by atoms with Crippen LogP contribution in [0, 0.1) is 22.3 Å². The number of benzene rings is 3. The van der Waals surface area contributed by atoms with Crippen LogP contribution in [0.25, 0.3) is 10.9 Å². The van der Waals surface area contributed by atoms with E-state index in [0.29, 0.717) is 5.56 Å². The summed E-state index contributed by atoms with van der Waals surface area (Å²) in [5.41, 5.74) is 3.57. The summed E-state index contributed by atoms with van der Waals surface area (Å²) in [6.45, 7) is 2.00. The molecule has 1 heterocycles. The fraction of sp³-hybridized carbons (Fsp3) is 0.0800. The minimum absolute atomic E-state index is 0.00225. The Balaban J connectivity index is 1.50. The molecule has 0 aliphatic carbocycles. The number of aliphatic carboxylic acids is 1. The second-order valence-corrected chi connectivity index (χ2v) is 12.0. The van der Waals surface area contributed by atoms with Crippen molar-refractivity contribution in [2.45, 2.75) is 15.9 Å². The topological polar surface area (TPSA) is 99.3 Å². The first kappa shape index (κ1) is 23.0. The number of aromatic nitrogens is 1. The van der Waals surface area contributed by atoms with Crippen molar-refractivity contribution in [3.8, 4) is 11.8 Å². The molecule has 0 amide bonds. The van der Waals surface area contributed by atoms with E-state index in [2.05, 4.69) is 21.5 Å². The molecule has 0 fully saturated rings. The summed E-state index contributed by atoms with van der Waals surface area (Å²) in [5.74, 6) is 4.85. The van der Waals surface area contributed by atoms with Crippen molar-refractivity contribution in [1.29, 1.82) is 0 Å². The van der Waals surface area contributed by atoms with Crippen LogP contribution in [0.5, 0.6) is 0 Å². The SMILES string of the molecule is Cc1ccc(C#Cc2ccc(S(=O)(=O)N[C@H]([I-]c3c[nH]c4ccccc34)C(=O)O)cc2)cc1. The van der Waals surface area contributed by atoms with E-state index in [4.69, 9.17) is 0 Å². The van der Waals surface area contributed by atoms with Crippen LogP contribution in [0.15, 0.2) is 83.9 Å². The molecule has 0 saturated heterocycles. The van der Waals surface area contributed by atoms with Crippen molar-refractivity contribution in [2.75, 3.05) is 0 Å².